The van der Waals surface area contributed by atoms with Gasteiger partial charge in [-0.15, -0.1) is 0 Å². The predicted molar refractivity (Wildman–Crippen MR) is 113 cm³/mol. The van der Waals surface area contributed by atoms with E-state index in [9.17, 15) is 14.0 Å². The molecule has 3 aromatic rings. The van der Waals surface area contributed by atoms with Crippen molar-refractivity contribution in [2.24, 2.45) is 7.05 Å². The summed E-state index contributed by atoms with van der Waals surface area (Å²) in [6.45, 7) is 0.590. The van der Waals surface area contributed by atoms with Crippen LogP contribution in [0, 0.1) is 5.82 Å². The Morgan fingerprint density at radius 1 is 1.19 bits per heavy atom. The maximum Gasteiger partial charge on any atom is 0.235 e. The zero-order valence-corrected chi connectivity index (χ0v) is 17.3. The average Bonchev–Trinajstić information content (AvgIpc) is 3.15. The number of methoxy groups -OCH3 is 1. The van der Waals surface area contributed by atoms with Crippen LogP contribution in [0.4, 0.5) is 10.1 Å². The lowest BCUT2D eigenvalue weighted by atomic mass is 9.95. The monoisotopic (exact) mass is 422 g/mol. The lowest BCUT2D eigenvalue weighted by Gasteiger charge is -2.31. The molecule has 0 spiro atoms. The van der Waals surface area contributed by atoms with Crippen LogP contribution in [-0.2, 0) is 29.6 Å². The number of carbonyl (C=O) groups is 2. The Labute approximate surface area is 179 Å². The number of nitrogens with one attached hydrogen (secondary N) is 1. The van der Waals surface area contributed by atoms with E-state index < -0.39 is 5.92 Å². The molecule has 2 heterocycles. The molecule has 0 radical (unpaired) electrons. The number of ether oxygens (including phenoxy) is 1. The predicted octanol–water partition coefficient (Wildman–Crippen LogP) is 2.88. The van der Waals surface area contributed by atoms with Crippen LogP contribution in [0.3, 0.4) is 0 Å². The van der Waals surface area contributed by atoms with E-state index in [1.165, 1.54) is 19.2 Å². The maximum absolute atomic E-state index is 13.2. The Kier molecular flexibility index (Phi) is 5.70. The number of fused-ring (bicyclic) bond motifs is 1. The van der Waals surface area contributed by atoms with Gasteiger partial charge in [0.05, 0.1) is 24.9 Å². The summed E-state index contributed by atoms with van der Waals surface area (Å²) in [4.78, 5) is 27.8. The SMILES string of the molecule is COc1ccccc1NC(=O)[C@H]1CN(C(=O)Cc2ccc(F)cc2)Cc2cn(C)nc21. The van der Waals surface area contributed by atoms with Gasteiger partial charge in [0, 0.05) is 31.9 Å². The minimum atomic E-state index is -0.618. The third-order valence-electron chi connectivity index (χ3n) is 5.33. The molecule has 160 valence electrons. The summed E-state index contributed by atoms with van der Waals surface area (Å²) in [7, 11) is 3.33. The Morgan fingerprint density at radius 3 is 2.68 bits per heavy atom. The molecular weight excluding hydrogens is 399 g/mol. The number of aromatic nitrogens is 2. The van der Waals surface area contributed by atoms with Gasteiger partial charge in [-0.1, -0.05) is 24.3 Å². The molecule has 0 unspecified atom stereocenters. The third kappa shape index (κ3) is 4.42. The number of nitrogens with zero attached hydrogens (tertiary/aromatic N) is 3. The van der Waals surface area contributed by atoms with E-state index in [0.717, 1.165) is 11.1 Å². The van der Waals surface area contributed by atoms with Crippen LogP contribution in [0.5, 0.6) is 5.75 Å². The summed E-state index contributed by atoms with van der Waals surface area (Å²) in [6, 6.07) is 13.0. The number of halogens is 1. The molecule has 0 fully saturated rings. The van der Waals surface area contributed by atoms with Gasteiger partial charge in [0.15, 0.2) is 0 Å². The summed E-state index contributed by atoms with van der Waals surface area (Å²) in [5.74, 6) is -0.800. The number of rotatable bonds is 5. The zero-order chi connectivity index (χ0) is 22.0. The molecule has 4 rings (SSSR count). The second-order valence-corrected chi connectivity index (χ2v) is 7.53. The normalized spacial score (nSPS) is 15.3. The molecule has 8 heteroatoms. The van der Waals surface area contributed by atoms with Crippen molar-refractivity contribution < 1.29 is 18.7 Å². The fourth-order valence-corrected chi connectivity index (χ4v) is 3.80. The van der Waals surface area contributed by atoms with Crippen molar-refractivity contribution in [2.75, 3.05) is 19.0 Å². The molecule has 31 heavy (non-hydrogen) atoms. The highest BCUT2D eigenvalue weighted by Crippen LogP contribution is 2.30. The van der Waals surface area contributed by atoms with Crippen molar-refractivity contribution in [3.63, 3.8) is 0 Å². The molecule has 2 aromatic carbocycles. The number of para-hydroxylation sites is 2. The molecule has 0 saturated carbocycles. The summed E-state index contributed by atoms with van der Waals surface area (Å²) in [5, 5.41) is 7.37. The number of aryl methyl sites for hydroxylation is 1. The minimum absolute atomic E-state index is 0.129. The van der Waals surface area contributed by atoms with Crippen molar-refractivity contribution in [2.45, 2.75) is 18.9 Å². The first-order valence-corrected chi connectivity index (χ1v) is 9.93. The molecule has 0 saturated heterocycles. The van der Waals surface area contributed by atoms with Gasteiger partial charge in [0.1, 0.15) is 17.5 Å². The van der Waals surface area contributed by atoms with Crippen molar-refractivity contribution in [1.29, 1.82) is 0 Å². The lowest BCUT2D eigenvalue weighted by Crippen LogP contribution is -2.42. The van der Waals surface area contributed by atoms with Gasteiger partial charge >= 0.3 is 0 Å². The number of hydrogen-bond donors (Lipinski definition) is 1. The van der Waals surface area contributed by atoms with Gasteiger partial charge in [0.25, 0.3) is 0 Å². The summed E-state index contributed by atoms with van der Waals surface area (Å²) in [5.41, 5.74) is 2.78. The summed E-state index contributed by atoms with van der Waals surface area (Å²) in [6.07, 6.45) is 1.97. The first-order valence-electron chi connectivity index (χ1n) is 9.93. The van der Waals surface area contributed by atoms with Gasteiger partial charge < -0.3 is 15.0 Å². The van der Waals surface area contributed by atoms with Gasteiger partial charge in [-0.3, -0.25) is 14.3 Å². The quantitative estimate of drug-likeness (QED) is 0.686. The van der Waals surface area contributed by atoms with Crippen LogP contribution in [0.15, 0.2) is 54.7 Å². The van der Waals surface area contributed by atoms with Crippen LogP contribution < -0.4 is 10.1 Å². The molecular formula is C23H23FN4O3. The van der Waals surface area contributed by atoms with Gasteiger partial charge in [-0.05, 0) is 29.8 Å². The standard InChI is InChI=1S/C23H23FN4O3/c1-27-12-16-13-28(21(29)11-15-7-9-17(24)10-8-15)14-18(22(16)26-27)23(30)25-19-5-3-4-6-20(19)31-2/h3-10,12,18H,11,13-14H2,1-2H3,(H,25,30)/t18-/m0/s1. The molecule has 0 bridgehead atoms. The smallest absolute Gasteiger partial charge is 0.235 e. The highest BCUT2D eigenvalue weighted by Gasteiger charge is 2.35. The molecule has 0 aliphatic carbocycles. The highest BCUT2D eigenvalue weighted by atomic mass is 19.1. The molecule has 7 nitrogen and oxygen atoms in total. The fraction of sp³-hybridized carbons (Fsp3) is 0.261. The van der Waals surface area contributed by atoms with Crippen LogP contribution >= 0.6 is 0 Å². The van der Waals surface area contributed by atoms with E-state index in [-0.39, 0.29) is 30.6 Å². The third-order valence-corrected chi connectivity index (χ3v) is 5.33. The van der Waals surface area contributed by atoms with Gasteiger partial charge in [0.2, 0.25) is 11.8 Å². The second kappa shape index (κ2) is 8.59. The highest BCUT2D eigenvalue weighted by molar-refractivity contribution is 5.97. The van der Waals surface area contributed by atoms with Crippen molar-refractivity contribution in [3.8, 4) is 5.75 Å². The Bertz CT molecular complexity index is 1110. The Morgan fingerprint density at radius 2 is 1.94 bits per heavy atom. The van der Waals surface area contributed by atoms with E-state index in [1.807, 2.05) is 18.3 Å². The van der Waals surface area contributed by atoms with E-state index in [1.54, 1.807) is 40.9 Å². The van der Waals surface area contributed by atoms with Crippen molar-refractivity contribution >= 4 is 17.5 Å². The van der Waals surface area contributed by atoms with Gasteiger partial charge in [-0.2, -0.15) is 5.10 Å². The fourth-order valence-electron chi connectivity index (χ4n) is 3.80. The summed E-state index contributed by atoms with van der Waals surface area (Å²) >= 11 is 0. The van der Waals surface area contributed by atoms with Crippen LogP contribution in [0.1, 0.15) is 22.7 Å². The zero-order valence-electron chi connectivity index (χ0n) is 17.3. The topological polar surface area (TPSA) is 76.5 Å². The first-order chi connectivity index (χ1) is 14.9. The van der Waals surface area contributed by atoms with E-state index in [4.69, 9.17) is 4.74 Å². The number of benzene rings is 2. The van der Waals surface area contributed by atoms with Gasteiger partial charge in [-0.25, -0.2) is 4.39 Å². The van der Waals surface area contributed by atoms with E-state index >= 15 is 0 Å². The number of hydrogen-bond acceptors (Lipinski definition) is 4. The molecule has 1 aromatic heterocycles. The molecule has 1 atom stereocenters. The van der Waals surface area contributed by atoms with Crippen molar-refractivity contribution in [3.05, 3.63) is 77.4 Å². The Balaban J connectivity index is 1.56. The number of carbonyl (C=O) groups excluding carboxylic acids is 2. The molecule has 1 aliphatic heterocycles. The number of anilines is 1. The molecule has 2 amide bonds. The first kappa shape index (κ1) is 20.6. The van der Waals surface area contributed by atoms with Crippen molar-refractivity contribution in [1.82, 2.24) is 14.7 Å². The minimum Gasteiger partial charge on any atom is -0.495 e. The largest absolute Gasteiger partial charge is 0.495 e. The maximum atomic E-state index is 13.2. The van der Waals surface area contributed by atoms with E-state index in [0.29, 0.717) is 23.7 Å². The van der Waals surface area contributed by atoms with E-state index in [2.05, 4.69) is 10.4 Å². The Hall–Kier alpha value is -3.68. The number of amides is 2. The molecule has 1 N–H and O–H groups in total. The average molecular weight is 422 g/mol. The second-order valence-electron chi connectivity index (χ2n) is 7.53. The molecule has 1 aliphatic rings. The lowest BCUT2D eigenvalue weighted by molar-refractivity contribution is -0.132. The van der Waals surface area contributed by atoms with Crippen LogP contribution in [0.25, 0.3) is 0 Å². The van der Waals surface area contributed by atoms with Crippen LogP contribution in [0.2, 0.25) is 0 Å². The summed E-state index contributed by atoms with van der Waals surface area (Å²) < 4.78 is 20.1. The van der Waals surface area contributed by atoms with Crippen LogP contribution in [-0.4, -0.2) is 40.1 Å².